The third kappa shape index (κ3) is 2.43. The summed E-state index contributed by atoms with van der Waals surface area (Å²) < 4.78 is 5.37. The summed E-state index contributed by atoms with van der Waals surface area (Å²) in [5.74, 6) is 0.969. The van der Waals surface area contributed by atoms with Crippen molar-refractivity contribution in [2.24, 2.45) is 0 Å². The van der Waals surface area contributed by atoms with E-state index in [1.54, 1.807) is 6.26 Å². The monoisotopic (exact) mass is 219 g/mol. The molecule has 0 amide bonds. The van der Waals surface area contributed by atoms with Crippen LogP contribution < -0.4 is 5.32 Å². The van der Waals surface area contributed by atoms with Crippen LogP contribution in [0.2, 0.25) is 0 Å². The molecule has 86 valence electrons. The lowest BCUT2D eigenvalue weighted by Crippen LogP contribution is -2.55. The van der Waals surface area contributed by atoms with Crippen LogP contribution in [0.5, 0.6) is 0 Å². The predicted molar refractivity (Wildman–Crippen MR) is 60.6 cm³/mol. The Morgan fingerprint density at radius 3 is 3.19 bits per heavy atom. The van der Waals surface area contributed by atoms with Gasteiger partial charge in [-0.1, -0.05) is 0 Å². The first-order chi connectivity index (χ1) is 7.81. The van der Waals surface area contributed by atoms with Crippen molar-refractivity contribution < 1.29 is 4.42 Å². The van der Waals surface area contributed by atoms with Gasteiger partial charge in [0.2, 0.25) is 0 Å². The van der Waals surface area contributed by atoms with E-state index in [0.717, 1.165) is 25.4 Å². The minimum Gasteiger partial charge on any atom is -0.468 e. The SMILES string of the molecule is CC1CNCC(CC#N)N1Cc1ccco1. The molecule has 16 heavy (non-hydrogen) atoms. The van der Waals surface area contributed by atoms with Gasteiger partial charge >= 0.3 is 0 Å². The Balaban J connectivity index is 2.04. The van der Waals surface area contributed by atoms with Crippen LogP contribution in [-0.2, 0) is 6.54 Å². The molecule has 1 saturated heterocycles. The second kappa shape index (κ2) is 5.15. The van der Waals surface area contributed by atoms with Crippen LogP contribution in [0.1, 0.15) is 19.1 Å². The predicted octanol–water partition coefficient (Wildman–Crippen LogP) is 1.36. The van der Waals surface area contributed by atoms with Gasteiger partial charge in [0.15, 0.2) is 0 Å². The Labute approximate surface area is 95.8 Å². The van der Waals surface area contributed by atoms with E-state index in [-0.39, 0.29) is 0 Å². The van der Waals surface area contributed by atoms with Crippen LogP contribution in [0.3, 0.4) is 0 Å². The van der Waals surface area contributed by atoms with Crippen molar-refractivity contribution in [2.75, 3.05) is 13.1 Å². The molecular formula is C12H17N3O. The van der Waals surface area contributed by atoms with E-state index < -0.39 is 0 Å². The van der Waals surface area contributed by atoms with Gasteiger partial charge in [-0.3, -0.25) is 4.90 Å². The topological polar surface area (TPSA) is 52.2 Å². The quantitative estimate of drug-likeness (QED) is 0.834. The summed E-state index contributed by atoms with van der Waals surface area (Å²) in [4.78, 5) is 2.35. The lowest BCUT2D eigenvalue weighted by atomic mass is 10.1. The summed E-state index contributed by atoms with van der Waals surface area (Å²) >= 11 is 0. The van der Waals surface area contributed by atoms with Gasteiger partial charge in [0.1, 0.15) is 5.76 Å². The summed E-state index contributed by atoms with van der Waals surface area (Å²) in [6.07, 6.45) is 2.26. The molecule has 1 aliphatic heterocycles. The Kier molecular flexibility index (Phi) is 3.60. The van der Waals surface area contributed by atoms with Gasteiger partial charge in [-0.25, -0.2) is 0 Å². The second-order valence-corrected chi connectivity index (χ2v) is 4.28. The van der Waals surface area contributed by atoms with E-state index in [2.05, 4.69) is 23.2 Å². The van der Waals surface area contributed by atoms with Gasteiger partial charge in [-0.05, 0) is 19.1 Å². The molecule has 4 nitrogen and oxygen atoms in total. The minimum atomic E-state index is 0.291. The number of hydrogen-bond acceptors (Lipinski definition) is 4. The largest absolute Gasteiger partial charge is 0.468 e. The molecule has 1 aliphatic rings. The highest BCUT2D eigenvalue weighted by Gasteiger charge is 2.27. The number of hydrogen-bond donors (Lipinski definition) is 1. The number of piperazine rings is 1. The average molecular weight is 219 g/mol. The van der Waals surface area contributed by atoms with E-state index in [1.807, 2.05) is 12.1 Å². The van der Waals surface area contributed by atoms with Crippen LogP contribution in [0, 0.1) is 11.3 Å². The molecule has 2 rings (SSSR count). The van der Waals surface area contributed by atoms with Gasteiger partial charge in [-0.15, -0.1) is 0 Å². The molecule has 0 bridgehead atoms. The molecule has 0 aliphatic carbocycles. The minimum absolute atomic E-state index is 0.291. The third-order valence-electron chi connectivity index (χ3n) is 3.10. The summed E-state index contributed by atoms with van der Waals surface area (Å²) in [5.41, 5.74) is 0. The first kappa shape index (κ1) is 11.2. The van der Waals surface area contributed by atoms with Crippen LogP contribution in [0.4, 0.5) is 0 Å². The fourth-order valence-corrected chi connectivity index (χ4v) is 2.22. The molecule has 1 N–H and O–H groups in total. The highest BCUT2D eigenvalue weighted by atomic mass is 16.3. The maximum atomic E-state index is 8.82. The van der Waals surface area contributed by atoms with Gasteiger partial charge in [0.25, 0.3) is 0 Å². The highest BCUT2D eigenvalue weighted by Crippen LogP contribution is 2.17. The molecule has 2 atom stereocenters. The molecule has 4 heteroatoms. The van der Waals surface area contributed by atoms with Crippen molar-refractivity contribution in [3.63, 3.8) is 0 Å². The zero-order valence-corrected chi connectivity index (χ0v) is 9.52. The molecular weight excluding hydrogens is 202 g/mol. The molecule has 1 fully saturated rings. The Hall–Kier alpha value is -1.31. The summed E-state index contributed by atoms with van der Waals surface area (Å²) in [7, 11) is 0. The number of nitrogens with one attached hydrogen (secondary N) is 1. The zero-order chi connectivity index (χ0) is 11.4. The molecule has 0 radical (unpaired) electrons. The number of nitriles is 1. The van der Waals surface area contributed by atoms with Crippen molar-refractivity contribution >= 4 is 0 Å². The van der Waals surface area contributed by atoms with E-state index in [0.29, 0.717) is 18.5 Å². The number of furan rings is 1. The normalized spacial score (nSPS) is 26.5. The second-order valence-electron chi connectivity index (χ2n) is 4.28. The van der Waals surface area contributed by atoms with Crippen molar-refractivity contribution in [3.8, 4) is 6.07 Å². The summed E-state index contributed by atoms with van der Waals surface area (Å²) in [5, 5.41) is 12.2. The summed E-state index contributed by atoms with van der Waals surface area (Å²) in [6, 6.07) is 6.88. The Morgan fingerprint density at radius 2 is 2.50 bits per heavy atom. The van der Waals surface area contributed by atoms with E-state index in [4.69, 9.17) is 9.68 Å². The molecule has 0 spiro atoms. The first-order valence-electron chi connectivity index (χ1n) is 5.67. The van der Waals surface area contributed by atoms with Crippen molar-refractivity contribution in [1.82, 2.24) is 10.2 Å². The zero-order valence-electron chi connectivity index (χ0n) is 9.52. The maximum absolute atomic E-state index is 8.82. The number of nitrogens with zero attached hydrogens (tertiary/aromatic N) is 2. The van der Waals surface area contributed by atoms with E-state index in [1.165, 1.54) is 0 Å². The average Bonchev–Trinajstić information content (AvgIpc) is 2.76. The van der Waals surface area contributed by atoms with Crippen LogP contribution in [-0.4, -0.2) is 30.1 Å². The molecule has 1 aromatic rings. The molecule has 0 aromatic carbocycles. The Bertz CT molecular complexity index is 355. The van der Waals surface area contributed by atoms with Crippen molar-refractivity contribution in [2.45, 2.75) is 32.0 Å². The molecule has 0 saturated carbocycles. The van der Waals surface area contributed by atoms with Crippen LogP contribution in [0.25, 0.3) is 0 Å². The highest BCUT2D eigenvalue weighted by molar-refractivity contribution is 5.01. The summed E-state index contributed by atoms with van der Waals surface area (Å²) in [6.45, 7) is 4.84. The third-order valence-corrected chi connectivity index (χ3v) is 3.10. The van der Waals surface area contributed by atoms with Gasteiger partial charge in [0.05, 0.1) is 25.3 Å². The lowest BCUT2D eigenvalue weighted by molar-refractivity contribution is 0.0920. The van der Waals surface area contributed by atoms with Crippen molar-refractivity contribution in [3.05, 3.63) is 24.2 Å². The maximum Gasteiger partial charge on any atom is 0.117 e. The molecule has 1 aromatic heterocycles. The van der Waals surface area contributed by atoms with E-state index >= 15 is 0 Å². The van der Waals surface area contributed by atoms with Crippen LogP contribution >= 0.6 is 0 Å². The van der Waals surface area contributed by atoms with Crippen molar-refractivity contribution in [1.29, 1.82) is 5.26 Å². The van der Waals surface area contributed by atoms with Gasteiger partial charge < -0.3 is 9.73 Å². The molecule has 2 heterocycles. The number of rotatable bonds is 3. The Morgan fingerprint density at radius 1 is 1.62 bits per heavy atom. The lowest BCUT2D eigenvalue weighted by Gasteiger charge is -2.39. The fraction of sp³-hybridized carbons (Fsp3) is 0.583. The first-order valence-corrected chi connectivity index (χ1v) is 5.67. The van der Waals surface area contributed by atoms with Crippen LogP contribution in [0.15, 0.2) is 22.8 Å². The van der Waals surface area contributed by atoms with E-state index in [9.17, 15) is 0 Å². The molecule has 2 unspecified atom stereocenters. The standard InChI is InChI=1S/C12H17N3O/c1-10-7-14-8-11(4-5-13)15(10)9-12-3-2-6-16-12/h2-3,6,10-11,14H,4,7-9H2,1H3. The smallest absolute Gasteiger partial charge is 0.117 e. The van der Waals surface area contributed by atoms with Gasteiger partial charge in [-0.2, -0.15) is 5.26 Å². The fourth-order valence-electron chi connectivity index (χ4n) is 2.22. The van der Waals surface area contributed by atoms with Gasteiger partial charge in [0, 0.05) is 25.2 Å².